The Bertz CT molecular complexity index is 732. The van der Waals surface area contributed by atoms with Gasteiger partial charge in [-0.25, -0.2) is 0 Å². The van der Waals surface area contributed by atoms with Crippen LogP contribution in [-0.4, -0.2) is 40.2 Å². The third kappa shape index (κ3) is 5.64. The maximum atomic E-state index is 12.4. The topological polar surface area (TPSA) is 46.0 Å². The molecule has 1 amide bonds. The summed E-state index contributed by atoms with van der Waals surface area (Å²) in [5.41, 5.74) is 3.06. The van der Waals surface area contributed by atoms with Crippen LogP contribution >= 0.6 is 11.6 Å². The Hall–Kier alpha value is -2.24. The molecule has 0 saturated heterocycles. The number of nitrogens with zero attached hydrogens (tertiary/aromatic N) is 1. The largest absolute Gasteiger partial charge is 0.495 e. The molecule has 0 aliphatic heterocycles. The average Bonchev–Trinajstić information content (AvgIpc) is 2.61. The van der Waals surface area contributed by atoms with Gasteiger partial charge in [-0.15, -0.1) is 0 Å². The van der Waals surface area contributed by atoms with E-state index < -0.39 is 0 Å². The number of benzene rings is 2. The molecule has 0 aliphatic carbocycles. The van der Waals surface area contributed by atoms with Crippen molar-refractivity contribution in [3.63, 3.8) is 0 Å². The average molecular weight is 377 g/mol. The smallest absolute Gasteiger partial charge is 0.279 e. The van der Waals surface area contributed by atoms with Crippen LogP contribution in [0.25, 0.3) is 0 Å². The highest BCUT2D eigenvalue weighted by molar-refractivity contribution is 6.32. The van der Waals surface area contributed by atoms with Crippen molar-refractivity contribution in [2.45, 2.75) is 13.5 Å². The van der Waals surface area contributed by atoms with Crippen molar-refractivity contribution in [3.05, 3.63) is 53.1 Å². The number of likely N-dealkylation sites (N-methyl/N-ethyl adjacent to an activating group) is 1. The quantitative estimate of drug-likeness (QED) is 0.744. The molecule has 6 heteroatoms. The SMILES string of the molecule is CC[NH+](CC(=O)Nc1ccc(OC)c(Cl)c1)Cc1ccc(N(C)C)cc1. The summed E-state index contributed by atoms with van der Waals surface area (Å²) in [5.74, 6) is 0.555. The number of anilines is 2. The Morgan fingerprint density at radius 3 is 2.42 bits per heavy atom. The Morgan fingerprint density at radius 2 is 1.88 bits per heavy atom. The van der Waals surface area contributed by atoms with Gasteiger partial charge in [-0.05, 0) is 37.3 Å². The van der Waals surface area contributed by atoms with Crippen molar-refractivity contribution in [2.75, 3.05) is 44.5 Å². The Balaban J connectivity index is 1.94. The van der Waals surface area contributed by atoms with Crippen molar-refractivity contribution in [1.29, 1.82) is 0 Å². The van der Waals surface area contributed by atoms with E-state index in [0.29, 0.717) is 23.0 Å². The van der Waals surface area contributed by atoms with E-state index in [1.54, 1.807) is 25.3 Å². The summed E-state index contributed by atoms with van der Waals surface area (Å²) in [6.07, 6.45) is 0. The van der Waals surface area contributed by atoms with Gasteiger partial charge < -0.3 is 19.9 Å². The fourth-order valence-electron chi connectivity index (χ4n) is 2.69. The standard InChI is InChI=1S/C20H26ClN3O2/c1-5-24(13-15-6-9-17(10-7-15)23(2)3)14-20(25)22-16-8-11-19(26-4)18(21)12-16/h6-12H,5,13-14H2,1-4H3,(H,22,25)/p+1. The van der Waals surface area contributed by atoms with Gasteiger partial charge in [-0.2, -0.15) is 0 Å². The van der Waals surface area contributed by atoms with E-state index in [4.69, 9.17) is 16.3 Å². The zero-order valence-electron chi connectivity index (χ0n) is 15.8. The molecule has 0 saturated carbocycles. The molecular formula is C20H27ClN3O2+. The van der Waals surface area contributed by atoms with Crippen LogP contribution in [0.3, 0.4) is 0 Å². The number of hydrogen-bond acceptors (Lipinski definition) is 3. The molecule has 1 unspecified atom stereocenters. The molecule has 1 atom stereocenters. The van der Waals surface area contributed by atoms with E-state index >= 15 is 0 Å². The lowest BCUT2D eigenvalue weighted by atomic mass is 10.2. The van der Waals surface area contributed by atoms with E-state index in [9.17, 15) is 4.79 Å². The van der Waals surface area contributed by atoms with Crippen molar-refractivity contribution in [2.24, 2.45) is 0 Å². The maximum Gasteiger partial charge on any atom is 0.279 e. The van der Waals surface area contributed by atoms with Gasteiger partial charge in [0.2, 0.25) is 0 Å². The minimum Gasteiger partial charge on any atom is -0.495 e. The third-order valence-electron chi connectivity index (χ3n) is 4.25. The zero-order valence-corrected chi connectivity index (χ0v) is 16.6. The van der Waals surface area contributed by atoms with Crippen LogP contribution in [-0.2, 0) is 11.3 Å². The number of halogens is 1. The van der Waals surface area contributed by atoms with Gasteiger partial charge in [-0.3, -0.25) is 4.79 Å². The highest BCUT2D eigenvalue weighted by Crippen LogP contribution is 2.27. The van der Waals surface area contributed by atoms with E-state index in [-0.39, 0.29) is 5.91 Å². The fraction of sp³-hybridized carbons (Fsp3) is 0.350. The molecule has 2 aromatic rings. The summed E-state index contributed by atoms with van der Waals surface area (Å²) in [7, 11) is 5.61. The molecule has 26 heavy (non-hydrogen) atoms. The van der Waals surface area contributed by atoms with Gasteiger partial charge in [0.1, 0.15) is 12.3 Å². The summed E-state index contributed by atoms with van der Waals surface area (Å²) < 4.78 is 5.12. The second-order valence-electron chi connectivity index (χ2n) is 6.42. The first-order valence-corrected chi connectivity index (χ1v) is 9.04. The molecule has 0 bridgehead atoms. The van der Waals surface area contributed by atoms with Gasteiger partial charge in [-0.1, -0.05) is 23.7 Å². The van der Waals surface area contributed by atoms with Gasteiger partial charge in [0.05, 0.1) is 18.7 Å². The predicted molar refractivity (Wildman–Crippen MR) is 107 cm³/mol. The number of amides is 1. The molecule has 2 aromatic carbocycles. The molecule has 0 aliphatic rings. The van der Waals surface area contributed by atoms with Crippen LogP contribution in [0.2, 0.25) is 5.02 Å². The molecule has 2 rings (SSSR count). The summed E-state index contributed by atoms with van der Waals surface area (Å²) in [6.45, 7) is 4.16. The molecule has 140 valence electrons. The van der Waals surface area contributed by atoms with Crippen LogP contribution < -0.4 is 19.9 Å². The number of carbonyl (C=O) groups is 1. The van der Waals surface area contributed by atoms with Gasteiger partial charge in [0.25, 0.3) is 5.91 Å². The van der Waals surface area contributed by atoms with Crippen LogP contribution in [0.5, 0.6) is 5.75 Å². The van der Waals surface area contributed by atoms with Crippen molar-refractivity contribution in [1.82, 2.24) is 0 Å². The summed E-state index contributed by atoms with van der Waals surface area (Å²) in [6, 6.07) is 13.7. The number of ether oxygens (including phenoxy) is 1. The van der Waals surface area contributed by atoms with E-state index in [2.05, 4.69) is 41.4 Å². The minimum absolute atomic E-state index is 0.0343. The maximum absolute atomic E-state index is 12.4. The van der Waals surface area contributed by atoms with Gasteiger partial charge in [0.15, 0.2) is 6.54 Å². The second kappa shape index (κ2) is 9.46. The lowest BCUT2D eigenvalue weighted by Gasteiger charge is -2.18. The zero-order chi connectivity index (χ0) is 19.1. The Kier molecular flexibility index (Phi) is 7.30. The number of methoxy groups -OCH3 is 1. The van der Waals surface area contributed by atoms with Crippen LogP contribution in [0.1, 0.15) is 12.5 Å². The van der Waals surface area contributed by atoms with Gasteiger partial charge >= 0.3 is 0 Å². The highest BCUT2D eigenvalue weighted by atomic mass is 35.5. The number of hydrogen-bond donors (Lipinski definition) is 2. The van der Waals surface area contributed by atoms with Crippen molar-refractivity contribution in [3.8, 4) is 5.75 Å². The number of quaternary nitrogens is 1. The lowest BCUT2D eigenvalue weighted by Crippen LogP contribution is -3.11. The predicted octanol–water partition coefficient (Wildman–Crippen LogP) is 2.46. The normalized spacial score (nSPS) is 11.7. The van der Waals surface area contributed by atoms with Crippen molar-refractivity contribution < 1.29 is 14.4 Å². The molecule has 2 N–H and O–H groups in total. The van der Waals surface area contributed by atoms with E-state index in [1.165, 1.54) is 16.2 Å². The first-order valence-electron chi connectivity index (χ1n) is 8.66. The molecular weight excluding hydrogens is 350 g/mol. The van der Waals surface area contributed by atoms with Gasteiger partial charge in [0, 0.05) is 31.0 Å². The number of carbonyl (C=O) groups excluding carboxylic acids is 1. The minimum atomic E-state index is -0.0343. The number of nitrogens with one attached hydrogen (secondary N) is 2. The molecule has 5 nitrogen and oxygen atoms in total. The molecule has 0 radical (unpaired) electrons. The molecule has 0 spiro atoms. The Labute approximate surface area is 160 Å². The Morgan fingerprint density at radius 1 is 1.19 bits per heavy atom. The monoisotopic (exact) mass is 376 g/mol. The second-order valence-corrected chi connectivity index (χ2v) is 6.82. The third-order valence-corrected chi connectivity index (χ3v) is 4.55. The first-order chi connectivity index (χ1) is 12.4. The lowest BCUT2D eigenvalue weighted by molar-refractivity contribution is -0.903. The van der Waals surface area contributed by atoms with E-state index in [1.807, 2.05) is 14.1 Å². The van der Waals surface area contributed by atoms with Crippen LogP contribution in [0.15, 0.2) is 42.5 Å². The highest BCUT2D eigenvalue weighted by Gasteiger charge is 2.14. The molecule has 0 fully saturated rings. The fourth-order valence-corrected chi connectivity index (χ4v) is 2.95. The van der Waals surface area contributed by atoms with Crippen LogP contribution in [0.4, 0.5) is 11.4 Å². The first kappa shape index (κ1) is 20.1. The summed E-state index contributed by atoms with van der Waals surface area (Å²) in [5, 5.41) is 3.38. The number of rotatable bonds is 8. The van der Waals surface area contributed by atoms with E-state index in [0.717, 1.165) is 13.1 Å². The summed E-state index contributed by atoms with van der Waals surface area (Å²) >= 11 is 6.10. The molecule has 0 aromatic heterocycles. The summed E-state index contributed by atoms with van der Waals surface area (Å²) in [4.78, 5) is 15.6. The van der Waals surface area contributed by atoms with Crippen LogP contribution in [0, 0.1) is 0 Å². The molecule has 0 heterocycles. The van der Waals surface area contributed by atoms with Crippen molar-refractivity contribution >= 4 is 28.9 Å².